The fourth-order valence-electron chi connectivity index (χ4n) is 3.72. The van der Waals surface area contributed by atoms with E-state index < -0.39 is 0 Å². The van der Waals surface area contributed by atoms with Gasteiger partial charge in [0.05, 0.1) is 12.6 Å². The number of urea groups is 1. The molecule has 1 aromatic carbocycles. The molecular formula is C20H30N2O3. The van der Waals surface area contributed by atoms with Gasteiger partial charge < -0.3 is 19.7 Å². The summed E-state index contributed by atoms with van der Waals surface area (Å²) in [6.45, 7) is 8.62. The lowest BCUT2D eigenvalue weighted by atomic mass is 9.97. The molecule has 1 N–H and O–H groups in total. The van der Waals surface area contributed by atoms with Crippen LogP contribution in [0.1, 0.15) is 50.8 Å². The van der Waals surface area contributed by atoms with Gasteiger partial charge in [0.15, 0.2) is 0 Å². The molecule has 0 radical (unpaired) electrons. The van der Waals surface area contributed by atoms with E-state index in [0.29, 0.717) is 5.92 Å². The zero-order valence-corrected chi connectivity index (χ0v) is 15.8. The molecule has 5 heteroatoms. The highest BCUT2D eigenvalue weighted by atomic mass is 16.5. The number of carbonyl (C=O) groups is 1. The van der Waals surface area contributed by atoms with Crippen molar-refractivity contribution in [2.45, 2.75) is 51.7 Å². The van der Waals surface area contributed by atoms with Crippen LogP contribution in [0.4, 0.5) is 4.79 Å². The quantitative estimate of drug-likeness (QED) is 0.887. The summed E-state index contributed by atoms with van der Waals surface area (Å²) in [6.07, 6.45) is 2.80. The summed E-state index contributed by atoms with van der Waals surface area (Å²) >= 11 is 0. The highest BCUT2D eigenvalue weighted by Gasteiger charge is 2.30. The third-order valence-electron chi connectivity index (χ3n) is 5.10. The summed E-state index contributed by atoms with van der Waals surface area (Å²) in [5.74, 6) is 1.42. The average Bonchev–Trinajstić information content (AvgIpc) is 3.16. The summed E-state index contributed by atoms with van der Waals surface area (Å²) in [4.78, 5) is 14.3. The Morgan fingerprint density at radius 1 is 1.44 bits per heavy atom. The van der Waals surface area contributed by atoms with E-state index in [9.17, 15) is 4.79 Å². The van der Waals surface area contributed by atoms with Gasteiger partial charge in [-0.25, -0.2) is 4.79 Å². The Bertz CT molecular complexity index is 623. The number of hydrogen-bond donors (Lipinski definition) is 1. The van der Waals surface area contributed by atoms with Crippen molar-refractivity contribution in [1.82, 2.24) is 10.2 Å². The molecule has 2 aliphatic heterocycles. The van der Waals surface area contributed by atoms with Gasteiger partial charge in [0, 0.05) is 32.5 Å². The van der Waals surface area contributed by atoms with Crippen LogP contribution in [-0.2, 0) is 11.2 Å². The van der Waals surface area contributed by atoms with E-state index >= 15 is 0 Å². The molecule has 0 bridgehead atoms. The smallest absolute Gasteiger partial charge is 0.317 e. The lowest BCUT2D eigenvalue weighted by Crippen LogP contribution is -2.41. The van der Waals surface area contributed by atoms with Crippen LogP contribution < -0.4 is 10.1 Å². The predicted octanol–water partition coefficient (Wildman–Crippen LogP) is 3.53. The van der Waals surface area contributed by atoms with E-state index in [-0.39, 0.29) is 17.7 Å². The first-order chi connectivity index (χ1) is 11.9. The van der Waals surface area contributed by atoms with Gasteiger partial charge in [-0.05, 0) is 49.9 Å². The average molecular weight is 346 g/mol. The Morgan fingerprint density at radius 2 is 2.24 bits per heavy atom. The standard InChI is InChI=1S/C20H30N2O3/c1-5-17(21-19(23)22(4)12-14-8-9-24-13-14)15-6-7-18-16(10-15)11-20(2,3)25-18/h6-7,10,14,17H,5,8-9,11-13H2,1-4H3,(H,21,23)/t14-,17+/m1/s1. The highest BCUT2D eigenvalue weighted by Crippen LogP contribution is 2.36. The SMILES string of the molecule is CC[C@H](NC(=O)N(C)C[C@H]1CCOC1)c1ccc2c(c1)CC(C)(C)O2. The van der Waals surface area contributed by atoms with Gasteiger partial charge in [-0.2, -0.15) is 0 Å². The number of fused-ring (bicyclic) bond motifs is 1. The molecule has 0 spiro atoms. The number of rotatable bonds is 5. The number of nitrogens with zero attached hydrogens (tertiary/aromatic N) is 1. The lowest BCUT2D eigenvalue weighted by Gasteiger charge is -2.25. The molecule has 1 saturated heterocycles. The summed E-state index contributed by atoms with van der Waals surface area (Å²) in [5.41, 5.74) is 2.23. The van der Waals surface area contributed by atoms with Crippen molar-refractivity contribution >= 4 is 6.03 Å². The summed E-state index contributed by atoms with van der Waals surface area (Å²) < 4.78 is 11.3. The van der Waals surface area contributed by atoms with E-state index in [1.54, 1.807) is 4.90 Å². The minimum Gasteiger partial charge on any atom is -0.487 e. The van der Waals surface area contributed by atoms with Crippen molar-refractivity contribution in [3.63, 3.8) is 0 Å². The van der Waals surface area contributed by atoms with E-state index in [4.69, 9.17) is 9.47 Å². The number of benzene rings is 1. The van der Waals surface area contributed by atoms with E-state index in [0.717, 1.165) is 50.3 Å². The van der Waals surface area contributed by atoms with Crippen LogP contribution in [0.25, 0.3) is 0 Å². The second kappa shape index (κ2) is 7.24. The van der Waals surface area contributed by atoms with Crippen molar-refractivity contribution in [1.29, 1.82) is 0 Å². The molecule has 138 valence electrons. The molecule has 0 saturated carbocycles. The van der Waals surface area contributed by atoms with Crippen LogP contribution in [0, 0.1) is 5.92 Å². The molecule has 3 rings (SSSR count). The number of amides is 2. The topological polar surface area (TPSA) is 50.8 Å². The normalized spacial score (nSPS) is 22.2. The first-order valence-corrected chi connectivity index (χ1v) is 9.29. The van der Waals surface area contributed by atoms with Crippen molar-refractivity contribution in [2.24, 2.45) is 5.92 Å². The van der Waals surface area contributed by atoms with E-state index in [1.807, 2.05) is 13.1 Å². The molecular weight excluding hydrogens is 316 g/mol. The maximum atomic E-state index is 12.6. The Hall–Kier alpha value is -1.75. The first kappa shape index (κ1) is 18.1. The Kier molecular flexibility index (Phi) is 5.23. The van der Waals surface area contributed by atoms with Gasteiger partial charge in [-0.1, -0.05) is 13.0 Å². The molecule has 1 fully saturated rings. The van der Waals surface area contributed by atoms with Gasteiger partial charge in [0.1, 0.15) is 11.4 Å². The first-order valence-electron chi connectivity index (χ1n) is 9.29. The largest absolute Gasteiger partial charge is 0.487 e. The number of hydrogen-bond acceptors (Lipinski definition) is 3. The van der Waals surface area contributed by atoms with Crippen LogP contribution in [0.3, 0.4) is 0 Å². The molecule has 5 nitrogen and oxygen atoms in total. The molecule has 2 amide bonds. The third kappa shape index (κ3) is 4.27. The predicted molar refractivity (Wildman–Crippen MR) is 98.0 cm³/mol. The maximum absolute atomic E-state index is 12.6. The van der Waals surface area contributed by atoms with Crippen LogP contribution in [-0.4, -0.2) is 43.3 Å². The monoisotopic (exact) mass is 346 g/mol. The number of carbonyl (C=O) groups excluding carboxylic acids is 1. The fraction of sp³-hybridized carbons (Fsp3) is 0.650. The van der Waals surface area contributed by atoms with Crippen LogP contribution >= 0.6 is 0 Å². The van der Waals surface area contributed by atoms with Crippen LogP contribution in [0.2, 0.25) is 0 Å². The molecule has 0 aliphatic carbocycles. The highest BCUT2D eigenvalue weighted by molar-refractivity contribution is 5.74. The van der Waals surface area contributed by atoms with Crippen LogP contribution in [0.15, 0.2) is 18.2 Å². The summed E-state index contributed by atoms with van der Waals surface area (Å²) in [7, 11) is 1.86. The lowest BCUT2D eigenvalue weighted by molar-refractivity contribution is 0.138. The molecule has 25 heavy (non-hydrogen) atoms. The van der Waals surface area contributed by atoms with Gasteiger partial charge in [-0.3, -0.25) is 0 Å². The Balaban J connectivity index is 1.63. The van der Waals surface area contributed by atoms with Gasteiger partial charge in [-0.15, -0.1) is 0 Å². The van der Waals surface area contributed by atoms with Gasteiger partial charge in [0.25, 0.3) is 0 Å². The minimum absolute atomic E-state index is 0.0174. The zero-order valence-electron chi connectivity index (χ0n) is 15.8. The van der Waals surface area contributed by atoms with Crippen LogP contribution in [0.5, 0.6) is 5.75 Å². The summed E-state index contributed by atoms with van der Waals surface area (Å²) in [6, 6.07) is 6.29. The second-order valence-corrected chi connectivity index (χ2v) is 7.93. The number of nitrogens with one attached hydrogen (secondary N) is 1. The Morgan fingerprint density at radius 3 is 2.92 bits per heavy atom. The van der Waals surface area contributed by atoms with Gasteiger partial charge in [0.2, 0.25) is 0 Å². The van der Waals surface area contributed by atoms with Crippen molar-refractivity contribution in [3.05, 3.63) is 29.3 Å². The van der Waals surface area contributed by atoms with E-state index in [2.05, 4.69) is 38.2 Å². The van der Waals surface area contributed by atoms with Crippen molar-refractivity contribution in [2.75, 3.05) is 26.8 Å². The van der Waals surface area contributed by atoms with Crippen molar-refractivity contribution in [3.8, 4) is 5.75 Å². The minimum atomic E-state index is -0.143. The molecule has 1 aromatic rings. The number of ether oxygens (including phenoxy) is 2. The summed E-state index contributed by atoms with van der Waals surface area (Å²) in [5, 5.41) is 3.17. The second-order valence-electron chi connectivity index (χ2n) is 7.93. The maximum Gasteiger partial charge on any atom is 0.317 e. The zero-order chi connectivity index (χ0) is 18.0. The molecule has 2 atom stereocenters. The molecule has 0 aromatic heterocycles. The van der Waals surface area contributed by atoms with E-state index in [1.165, 1.54) is 5.56 Å². The third-order valence-corrected chi connectivity index (χ3v) is 5.10. The Labute approximate surface area is 150 Å². The van der Waals surface area contributed by atoms with Crippen molar-refractivity contribution < 1.29 is 14.3 Å². The van der Waals surface area contributed by atoms with Gasteiger partial charge >= 0.3 is 6.03 Å². The molecule has 0 unspecified atom stereocenters. The fourth-order valence-corrected chi connectivity index (χ4v) is 3.72. The molecule has 2 heterocycles. The molecule has 2 aliphatic rings.